The van der Waals surface area contributed by atoms with E-state index in [4.69, 9.17) is 5.73 Å². The fraction of sp³-hybridized carbons (Fsp3) is 0.273. The maximum absolute atomic E-state index is 12.7. The molecular weight excluding hydrogens is 398 g/mol. The SMILES string of the molecule is CCCn1c(N)c(C(=O)CN(C)CC(=O)Nc2cccc3ccccc23)c(=O)[nH]c1=O. The zero-order valence-electron chi connectivity index (χ0n) is 17.5. The predicted molar refractivity (Wildman–Crippen MR) is 120 cm³/mol. The van der Waals surface area contributed by atoms with Crippen LogP contribution in [-0.4, -0.2) is 46.3 Å². The van der Waals surface area contributed by atoms with Crippen LogP contribution >= 0.6 is 0 Å². The number of aromatic nitrogens is 2. The van der Waals surface area contributed by atoms with Crippen molar-refractivity contribution in [1.29, 1.82) is 0 Å². The highest BCUT2D eigenvalue weighted by molar-refractivity contribution is 6.03. The molecule has 0 saturated carbocycles. The molecule has 3 rings (SSSR count). The molecule has 1 amide bonds. The Morgan fingerprint density at radius 3 is 2.55 bits per heavy atom. The number of nitrogen functional groups attached to an aromatic ring is 1. The first-order valence-electron chi connectivity index (χ1n) is 9.93. The average Bonchev–Trinajstić information content (AvgIpc) is 2.71. The molecule has 2 aromatic carbocycles. The summed E-state index contributed by atoms with van der Waals surface area (Å²) in [5.41, 5.74) is 4.86. The van der Waals surface area contributed by atoms with Gasteiger partial charge < -0.3 is 11.1 Å². The van der Waals surface area contributed by atoms with Gasteiger partial charge in [0.15, 0.2) is 5.78 Å². The number of nitrogens with zero attached hydrogens (tertiary/aromatic N) is 2. The zero-order valence-corrected chi connectivity index (χ0v) is 17.5. The van der Waals surface area contributed by atoms with E-state index in [0.29, 0.717) is 12.1 Å². The molecule has 0 atom stereocenters. The number of rotatable bonds is 8. The molecule has 0 spiro atoms. The zero-order chi connectivity index (χ0) is 22.5. The Bertz CT molecular complexity index is 1240. The van der Waals surface area contributed by atoms with Crippen LogP contribution in [0.15, 0.2) is 52.1 Å². The predicted octanol–water partition coefficient (Wildman–Crippen LogP) is 1.44. The number of aromatic amines is 1. The third-order valence-corrected chi connectivity index (χ3v) is 4.86. The summed E-state index contributed by atoms with van der Waals surface area (Å²) in [7, 11) is 1.59. The van der Waals surface area contributed by atoms with Crippen molar-refractivity contribution in [2.45, 2.75) is 19.9 Å². The lowest BCUT2D eigenvalue weighted by Crippen LogP contribution is -2.40. The summed E-state index contributed by atoms with van der Waals surface area (Å²) >= 11 is 0. The lowest BCUT2D eigenvalue weighted by atomic mass is 10.1. The molecule has 0 radical (unpaired) electrons. The van der Waals surface area contributed by atoms with E-state index < -0.39 is 17.0 Å². The number of likely N-dealkylation sites (N-methyl/N-ethyl adjacent to an activating group) is 1. The molecule has 9 heteroatoms. The van der Waals surface area contributed by atoms with Crippen molar-refractivity contribution in [3.63, 3.8) is 0 Å². The van der Waals surface area contributed by atoms with Gasteiger partial charge in [0.2, 0.25) is 5.91 Å². The molecule has 1 heterocycles. The lowest BCUT2D eigenvalue weighted by Gasteiger charge is -2.17. The van der Waals surface area contributed by atoms with Crippen LogP contribution in [0.25, 0.3) is 10.8 Å². The molecule has 0 aliphatic heterocycles. The number of nitrogens with one attached hydrogen (secondary N) is 2. The van der Waals surface area contributed by atoms with Crippen molar-refractivity contribution in [2.75, 3.05) is 31.2 Å². The Morgan fingerprint density at radius 1 is 1.10 bits per heavy atom. The van der Waals surface area contributed by atoms with Crippen LogP contribution in [0.3, 0.4) is 0 Å². The smallest absolute Gasteiger partial charge is 0.329 e. The van der Waals surface area contributed by atoms with E-state index in [1.54, 1.807) is 7.05 Å². The lowest BCUT2D eigenvalue weighted by molar-refractivity contribution is -0.116. The number of anilines is 2. The van der Waals surface area contributed by atoms with E-state index in [-0.39, 0.29) is 36.9 Å². The van der Waals surface area contributed by atoms with Gasteiger partial charge in [-0.15, -0.1) is 0 Å². The van der Waals surface area contributed by atoms with E-state index in [2.05, 4.69) is 10.3 Å². The first kappa shape index (κ1) is 22.0. The van der Waals surface area contributed by atoms with Crippen LogP contribution in [0.2, 0.25) is 0 Å². The molecule has 0 bridgehead atoms. The molecule has 0 aliphatic rings. The number of hydrogen-bond acceptors (Lipinski definition) is 6. The summed E-state index contributed by atoms with van der Waals surface area (Å²) in [6.07, 6.45) is 0.609. The Labute approximate surface area is 178 Å². The topological polar surface area (TPSA) is 130 Å². The molecule has 162 valence electrons. The van der Waals surface area contributed by atoms with Gasteiger partial charge >= 0.3 is 5.69 Å². The van der Waals surface area contributed by atoms with Crippen molar-refractivity contribution in [3.05, 3.63) is 68.9 Å². The number of carbonyl (C=O) groups excluding carboxylic acids is 2. The average molecular weight is 423 g/mol. The summed E-state index contributed by atoms with van der Waals surface area (Å²) in [6.45, 7) is 1.85. The molecule has 9 nitrogen and oxygen atoms in total. The Morgan fingerprint density at radius 2 is 1.81 bits per heavy atom. The largest absolute Gasteiger partial charge is 0.384 e. The molecule has 3 aromatic rings. The maximum atomic E-state index is 12.7. The molecule has 0 saturated heterocycles. The van der Waals surface area contributed by atoms with Crippen LogP contribution in [0.1, 0.15) is 23.7 Å². The van der Waals surface area contributed by atoms with E-state index in [1.807, 2.05) is 49.4 Å². The maximum Gasteiger partial charge on any atom is 0.329 e. The van der Waals surface area contributed by atoms with Crippen molar-refractivity contribution >= 4 is 34.0 Å². The van der Waals surface area contributed by atoms with Crippen LogP contribution < -0.4 is 22.3 Å². The summed E-state index contributed by atoms with van der Waals surface area (Å²) < 4.78 is 1.17. The molecule has 4 N–H and O–H groups in total. The summed E-state index contributed by atoms with van der Waals surface area (Å²) in [5, 5.41) is 4.77. The van der Waals surface area contributed by atoms with Gasteiger partial charge in [-0.05, 0) is 24.9 Å². The monoisotopic (exact) mass is 423 g/mol. The number of nitrogens with two attached hydrogens (primary N) is 1. The second-order valence-electron chi connectivity index (χ2n) is 7.34. The number of hydrogen-bond donors (Lipinski definition) is 3. The minimum Gasteiger partial charge on any atom is -0.384 e. The third kappa shape index (κ3) is 4.89. The van der Waals surface area contributed by atoms with Crippen LogP contribution in [0, 0.1) is 0 Å². The van der Waals surface area contributed by atoms with Gasteiger partial charge in [0.1, 0.15) is 11.4 Å². The number of H-pyrrole nitrogens is 1. The first-order chi connectivity index (χ1) is 14.8. The van der Waals surface area contributed by atoms with Gasteiger partial charge in [0.05, 0.1) is 13.1 Å². The van der Waals surface area contributed by atoms with Crippen molar-refractivity contribution in [1.82, 2.24) is 14.5 Å². The van der Waals surface area contributed by atoms with E-state index in [1.165, 1.54) is 9.47 Å². The number of ketones is 1. The fourth-order valence-corrected chi connectivity index (χ4v) is 3.45. The molecule has 1 aromatic heterocycles. The van der Waals surface area contributed by atoms with Crippen LogP contribution in [0.5, 0.6) is 0 Å². The number of carbonyl (C=O) groups is 2. The second-order valence-corrected chi connectivity index (χ2v) is 7.34. The molecule has 31 heavy (non-hydrogen) atoms. The van der Waals surface area contributed by atoms with Crippen LogP contribution in [0.4, 0.5) is 11.5 Å². The minimum atomic E-state index is -0.826. The number of fused-ring (bicyclic) bond motifs is 1. The van der Waals surface area contributed by atoms with Gasteiger partial charge in [-0.3, -0.25) is 28.8 Å². The fourth-order valence-electron chi connectivity index (χ4n) is 3.45. The summed E-state index contributed by atoms with van der Waals surface area (Å²) in [6, 6.07) is 13.3. The van der Waals surface area contributed by atoms with Crippen LogP contribution in [-0.2, 0) is 11.3 Å². The second kappa shape index (κ2) is 9.40. The number of amides is 1. The normalized spacial score (nSPS) is 11.1. The summed E-state index contributed by atoms with van der Waals surface area (Å²) in [4.78, 5) is 52.9. The minimum absolute atomic E-state index is 0.0681. The van der Waals surface area contributed by atoms with Crippen molar-refractivity contribution in [3.8, 4) is 0 Å². The van der Waals surface area contributed by atoms with Crippen molar-refractivity contribution in [2.24, 2.45) is 0 Å². The molecule has 0 unspecified atom stereocenters. The van der Waals surface area contributed by atoms with Crippen molar-refractivity contribution < 1.29 is 9.59 Å². The summed E-state index contributed by atoms with van der Waals surface area (Å²) in [5.74, 6) is -1.03. The highest BCUT2D eigenvalue weighted by Crippen LogP contribution is 2.22. The standard InChI is InChI=1S/C22H25N5O4/c1-3-11-27-20(23)19(21(30)25-22(27)31)17(28)12-26(2)13-18(29)24-16-10-6-8-14-7-4-5-9-15(14)16/h4-10H,3,11-13,23H2,1-2H3,(H,24,29)(H,25,30,31). The van der Waals surface area contributed by atoms with Gasteiger partial charge in [0.25, 0.3) is 5.56 Å². The highest BCUT2D eigenvalue weighted by atomic mass is 16.2. The Kier molecular flexibility index (Phi) is 6.66. The Balaban J connectivity index is 1.71. The van der Waals surface area contributed by atoms with Gasteiger partial charge in [-0.25, -0.2) is 4.79 Å². The number of Topliss-reactive ketones (excluding diaryl/α,β-unsaturated/α-hetero) is 1. The van der Waals surface area contributed by atoms with Gasteiger partial charge in [-0.2, -0.15) is 0 Å². The van der Waals surface area contributed by atoms with Gasteiger partial charge in [-0.1, -0.05) is 43.3 Å². The Hall–Kier alpha value is -3.72. The van der Waals surface area contributed by atoms with E-state index in [9.17, 15) is 19.2 Å². The highest BCUT2D eigenvalue weighted by Gasteiger charge is 2.21. The molecule has 0 aliphatic carbocycles. The van der Waals surface area contributed by atoms with Gasteiger partial charge in [0, 0.05) is 17.6 Å². The van der Waals surface area contributed by atoms with E-state index >= 15 is 0 Å². The first-order valence-corrected chi connectivity index (χ1v) is 9.93. The van der Waals surface area contributed by atoms with E-state index in [0.717, 1.165) is 10.8 Å². The molecule has 0 fully saturated rings. The molecular formula is C22H25N5O4. The quantitative estimate of drug-likeness (QED) is 0.470. The third-order valence-electron chi connectivity index (χ3n) is 4.86. The number of benzene rings is 2.